The average Bonchev–Trinajstić information content (AvgIpc) is 2.78. The van der Waals surface area contributed by atoms with Crippen molar-refractivity contribution in [3.05, 3.63) is 65.5 Å². The molecule has 16 heteroatoms. The number of amides is 1. The van der Waals surface area contributed by atoms with Gasteiger partial charge < -0.3 is 10.1 Å². The highest BCUT2D eigenvalue weighted by Gasteiger charge is 2.39. The minimum absolute atomic E-state index is 0.0459. The van der Waals surface area contributed by atoms with Crippen LogP contribution in [-0.2, 0) is 26.5 Å². The summed E-state index contributed by atoms with van der Waals surface area (Å²) >= 11 is 0. The van der Waals surface area contributed by atoms with Crippen molar-refractivity contribution < 1.29 is 48.9 Å². The van der Waals surface area contributed by atoms with Gasteiger partial charge in [0.05, 0.1) is 28.8 Å². The normalized spacial score (nSPS) is 13.5. The molecule has 1 aromatic carbocycles. The molecule has 38 heavy (non-hydrogen) atoms. The quantitative estimate of drug-likeness (QED) is 0.374. The van der Waals surface area contributed by atoms with Crippen LogP contribution < -0.4 is 10.1 Å². The van der Waals surface area contributed by atoms with E-state index in [9.17, 15) is 44.1 Å². The Kier molecular flexibility index (Phi) is 7.95. The Balaban J connectivity index is 2.03. The van der Waals surface area contributed by atoms with Crippen LogP contribution in [0.5, 0.6) is 5.75 Å². The van der Waals surface area contributed by atoms with Gasteiger partial charge in [-0.25, -0.2) is 23.0 Å². The molecule has 0 aliphatic heterocycles. The number of alkyl halides is 6. The van der Waals surface area contributed by atoms with Crippen LogP contribution in [0.4, 0.5) is 46.8 Å². The fraction of sp³-hybridized carbons (Fsp3) is 0.227. The lowest BCUT2D eigenvalue weighted by atomic mass is 10.0. The zero-order valence-electron chi connectivity index (χ0n) is 19.2. The molecule has 7 nitrogen and oxygen atoms in total. The Morgan fingerprint density at radius 2 is 1.71 bits per heavy atom. The van der Waals surface area contributed by atoms with Crippen molar-refractivity contribution in [3.63, 3.8) is 0 Å². The van der Waals surface area contributed by atoms with E-state index in [4.69, 9.17) is 4.74 Å². The zero-order valence-corrected chi connectivity index (χ0v) is 20.1. The van der Waals surface area contributed by atoms with Crippen molar-refractivity contribution in [1.82, 2.24) is 9.97 Å². The average molecular weight is 568 g/mol. The van der Waals surface area contributed by atoms with E-state index in [0.717, 1.165) is 30.5 Å². The number of halogens is 8. The standard InChI is InChI=1S/C22H16F8N4O3S/c1-37-16-7-12(23)3-4-13(16)14-8-18(31-9-15(14)24)33-19-6-11(5-17(32-19)21(25,26)27)10-38(2,36)34-20(35)22(28,29)30/h3-9H,10H2,1-2H3,(H,31,32,33). The van der Waals surface area contributed by atoms with Crippen molar-refractivity contribution in [1.29, 1.82) is 0 Å². The third-order valence-corrected chi connectivity index (χ3v) is 6.11. The summed E-state index contributed by atoms with van der Waals surface area (Å²) in [5.74, 6) is -5.95. The highest BCUT2D eigenvalue weighted by Crippen LogP contribution is 2.35. The molecule has 0 saturated carbocycles. The van der Waals surface area contributed by atoms with E-state index in [1.807, 2.05) is 0 Å². The second-order valence-corrected chi connectivity index (χ2v) is 10.2. The minimum Gasteiger partial charge on any atom is -0.496 e. The van der Waals surface area contributed by atoms with Crippen molar-refractivity contribution in [2.45, 2.75) is 18.1 Å². The number of hydrogen-bond donors (Lipinski definition) is 1. The summed E-state index contributed by atoms with van der Waals surface area (Å²) in [4.78, 5) is 18.2. The van der Waals surface area contributed by atoms with E-state index in [0.29, 0.717) is 12.3 Å². The number of ether oxygens (including phenoxy) is 1. The maximum absolute atomic E-state index is 14.5. The molecule has 2 heterocycles. The predicted molar refractivity (Wildman–Crippen MR) is 120 cm³/mol. The molecule has 0 spiro atoms. The smallest absolute Gasteiger partial charge is 0.474 e. The molecule has 2 aromatic heterocycles. The van der Waals surface area contributed by atoms with Gasteiger partial charge in [-0.3, -0.25) is 4.79 Å². The summed E-state index contributed by atoms with van der Waals surface area (Å²) in [6.45, 7) is 0. The number of rotatable bonds is 6. The Labute approximate surface area is 210 Å². The molecule has 0 aliphatic rings. The number of anilines is 2. The molecular weight excluding hydrogens is 552 g/mol. The highest BCUT2D eigenvalue weighted by molar-refractivity contribution is 7.92. The lowest BCUT2D eigenvalue weighted by Crippen LogP contribution is -2.22. The number of nitrogens with zero attached hydrogens (tertiary/aromatic N) is 3. The summed E-state index contributed by atoms with van der Waals surface area (Å²) in [6.07, 6.45) is -9.03. The van der Waals surface area contributed by atoms with Crippen molar-refractivity contribution in [2.24, 2.45) is 4.36 Å². The number of carbonyl (C=O) groups is 1. The predicted octanol–water partition coefficient (Wildman–Crippen LogP) is 5.88. The Hall–Kier alpha value is -3.82. The zero-order chi connectivity index (χ0) is 28.5. The molecule has 3 rings (SSSR count). The summed E-state index contributed by atoms with van der Waals surface area (Å²) in [5, 5.41) is 2.42. The van der Waals surface area contributed by atoms with Gasteiger partial charge in [0, 0.05) is 23.4 Å². The number of aromatic nitrogens is 2. The maximum atomic E-state index is 14.5. The van der Waals surface area contributed by atoms with Crippen LogP contribution in [0.25, 0.3) is 11.1 Å². The van der Waals surface area contributed by atoms with E-state index >= 15 is 0 Å². The Bertz CT molecular complexity index is 1500. The second kappa shape index (κ2) is 10.5. The number of hydrogen-bond acceptors (Lipinski definition) is 6. The van der Waals surface area contributed by atoms with Crippen molar-refractivity contribution in [2.75, 3.05) is 18.7 Å². The van der Waals surface area contributed by atoms with E-state index in [1.54, 1.807) is 0 Å². The lowest BCUT2D eigenvalue weighted by molar-refractivity contribution is -0.169. The summed E-state index contributed by atoms with van der Waals surface area (Å²) in [6, 6.07) is 5.67. The number of pyridine rings is 2. The SMILES string of the molecule is COc1cc(F)ccc1-c1cc(Nc2cc(CS(C)(=O)=NC(=O)C(F)(F)F)cc(C(F)(F)F)n2)ncc1F. The molecule has 204 valence electrons. The largest absolute Gasteiger partial charge is 0.496 e. The van der Waals surface area contributed by atoms with Crippen LogP contribution in [-0.4, -0.2) is 39.6 Å². The van der Waals surface area contributed by atoms with Gasteiger partial charge in [0.2, 0.25) is 0 Å². The molecule has 0 saturated heterocycles. The van der Waals surface area contributed by atoms with Gasteiger partial charge in [0.25, 0.3) is 0 Å². The topological polar surface area (TPSA) is 93.5 Å². The van der Waals surface area contributed by atoms with E-state index in [2.05, 4.69) is 19.6 Å². The third-order valence-electron chi connectivity index (χ3n) is 4.69. The monoisotopic (exact) mass is 568 g/mol. The van der Waals surface area contributed by atoms with Crippen LogP contribution >= 0.6 is 0 Å². The first-order chi connectivity index (χ1) is 17.5. The molecule has 0 aliphatic carbocycles. The van der Waals surface area contributed by atoms with Gasteiger partial charge in [-0.15, -0.1) is 0 Å². The molecule has 0 radical (unpaired) electrons. The van der Waals surface area contributed by atoms with E-state index < -0.39 is 62.5 Å². The summed E-state index contributed by atoms with van der Waals surface area (Å²) in [7, 11) is -2.74. The Morgan fingerprint density at radius 3 is 2.32 bits per heavy atom. The molecule has 1 atom stereocenters. The number of nitrogens with one attached hydrogen (secondary N) is 1. The molecule has 1 unspecified atom stereocenters. The van der Waals surface area contributed by atoms with Crippen LogP contribution in [0.3, 0.4) is 0 Å². The van der Waals surface area contributed by atoms with Gasteiger partial charge in [-0.2, -0.15) is 30.7 Å². The van der Waals surface area contributed by atoms with Crippen LogP contribution in [0, 0.1) is 11.6 Å². The molecule has 0 fully saturated rings. The van der Waals surface area contributed by atoms with Gasteiger partial charge in [-0.05, 0) is 35.9 Å². The van der Waals surface area contributed by atoms with Crippen LogP contribution in [0.2, 0.25) is 0 Å². The molecule has 1 N–H and O–H groups in total. The molecule has 1 amide bonds. The minimum atomic E-state index is -5.42. The number of benzene rings is 1. The fourth-order valence-electron chi connectivity index (χ4n) is 3.18. The van der Waals surface area contributed by atoms with Gasteiger partial charge in [-0.1, -0.05) is 0 Å². The van der Waals surface area contributed by atoms with Crippen LogP contribution in [0.1, 0.15) is 11.3 Å². The maximum Gasteiger partial charge on any atom is 0.474 e. The van der Waals surface area contributed by atoms with Crippen molar-refractivity contribution in [3.8, 4) is 16.9 Å². The van der Waals surface area contributed by atoms with Gasteiger partial charge >= 0.3 is 18.3 Å². The lowest BCUT2D eigenvalue weighted by Gasteiger charge is -2.14. The number of carbonyl (C=O) groups excluding carboxylic acids is 1. The summed E-state index contributed by atoms with van der Waals surface area (Å²) in [5.41, 5.74) is -1.98. The summed E-state index contributed by atoms with van der Waals surface area (Å²) < 4.78 is 126. The van der Waals surface area contributed by atoms with Gasteiger partial charge in [0.1, 0.15) is 34.7 Å². The molecule has 3 aromatic rings. The first kappa shape index (κ1) is 28.7. The second-order valence-electron chi connectivity index (χ2n) is 7.76. The fourth-order valence-corrected chi connectivity index (χ4v) is 4.48. The van der Waals surface area contributed by atoms with E-state index in [1.165, 1.54) is 13.2 Å². The van der Waals surface area contributed by atoms with Crippen LogP contribution in [0.15, 0.2) is 47.0 Å². The van der Waals surface area contributed by atoms with Crippen molar-refractivity contribution >= 4 is 27.3 Å². The third kappa shape index (κ3) is 7.14. The highest BCUT2D eigenvalue weighted by atomic mass is 32.2. The Morgan fingerprint density at radius 1 is 1.03 bits per heavy atom. The number of methoxy groups -OCH3 is 1. The van der Waals surface area contributed by atoms with Gasteiger partial charge in [0.15, 0.2) is 0 Å². The molecular formula is C22H16F8N4O3S. The first-order valence-electron chi connectivity index (χ1n) is 10.1. The first-order valence-corrected chi connectivity index (χ1v) is 12.2. The van der Waals surface area contributed by atoms with E-state index in [-0.39, 0.29) is 22.7 Å². The molecule has 0 bridgehead atoms.